The lowest BCUT2D eigenvalue weighted by Gasteiger charge is -2.19. The van der Waals surface area contributed by atoms with E-state index in [1.807, 2.05) is 47.8 Å². The van der Waals surface area contributed by atoms with Gasteiger partial charge in [0.25, 0.3) is 0 Å². The Balaban J connectivity index is 1.98. The quantitative estimate of drug-likeness (QED) is 0.693. The lowest BCUT2D eigenvalue weighted by atomic mass is 10.0. The van der Waals surface area contributed by atoms with Gasteiger partial charge in [0.05, 0.1) is 22.6 Å². The minimum atomic E-state index is -3.78. The summed E-state index contributed by atoms with van der Waals surface area (Å²) in [5, 5.41) is 10.9. The maximum atomic E-state index is 12.9. The standard InChI is InChI=1S/C20H18N2O2S2/c1-2-15-8-10-17(11-9-15)20(19-7-4-12-25-19)22-26(23,24)18-6-3-5-16(13-18)14-21/h3-13,20,22H,2H2,1H3. The lowest BCUT2D eigenvalue weighted by molar-refractivity contribution is 0.573. The Bertz CT molecular complexity index is 1020. The van der Waals surface area contributed by atoms with Gasteiger partial charge in [-0.2, -0.15) is 9.98 Å². The number of sulfonamides is 1. The van der Waals surface area contributed by atoms with Gasteiger partial charge in [-0.05, 0) is 47.2 Å². The molecule has 0 radical (unpaired) electrons. The van der Waals surface area contributed by atoms with E-state index in [9.17, 15) is 8.42 Å². The summed E-state index contributed by atoms with van der Waals surface area (Å²) in [5.41, 5.74) is 2.39. The summed E-state index contributed by atoms with van der Waals surface area (Å²) < 4.78 is 28.6. The zero-order valence-electron chi connectivity index (χ0n) is 14.2. The number of hydrogen-bond acceptors (Lipinski definition) is 4. The van der Waals surface area contributed by atoms with Gasteiger partial charge in [0.1, 0.15) is 0 Å². The number of rotatable bonds is 6. The van der Waals surface area contributed by atoms with Crippen LogP contribution in [0.15, 0.2) is 70.9 Å². The third-order valence-corrected chi connectivity index (χ3v) is 6.45. The van der Waals surface area contributed by atoms with Crippen molar-refractivity contribution in [1.29, 1.82) is 5.26 Å². The number of nitrogens with one attached hydrogen (secondary N) is 1. The van der Waals surface area contributed by atoms with Crippen LogP contribution in [-0.4, -0.2) is 8.42 Å². The molecular weight excluding hydrogens is 364 g/mol. The van der Waals surface area contributed by atoms with Crippen LogP contribution in [-0.2, 0) is 16.4 Å². The van der Waals surface area contributed by atoms with Gasteiger partial charge in [-0.25, -0.2) is 8.42 Å². The van der Waals surface area contributed by atoms with Crippen LogP contribution in [0, 0.1) is 11.3 Å². The van der Waals surface area contributed by atoms with E-state index in [4.69, 9.17) is 5.26 Å². The van der Waals surface area contributed by atoms with Gasteiger partial charge in [-0.3, -0.25) is 0 Å². The first kappa shape index (κ1) is 18.3. The summed E-state index contributed by atoms with van der Waals surface area (Å²) in [4.78, 5) is 0.998. The summed E-state index contributed by atoms with van der Waals surface area (Å²) in [5.74, 6) is 0. The average molecular weight is 383 g/mol. The fourth-order valence-electron chi connectivity index (χ4n) is 2.65. The minimum absolute atomic E-state index is 0.0864. The summed E-state index contributed by atoms with van der Waals surface area (Å²) in [7, 11) is -3.78. The van der Waals surface area contributed by atoms with E-state index in [-0.39, 0.29) is 4.90 Å². The molecule has 1 unspecified atom stereocenters. The van der Waals surface area contributed by atoms with E-state index >= 15 is 0 Å². The second kappa shape index (κ2) is 7.83. The molecule has 0 aliphatic heterocycles. The second-order valence-electron chi connectivity index (χ2n) is 5.80. The number of aryl methyl sites for hydroxylation is 1. The normalized spacial score (nSPS) is 12.5. The SMILES string of the molecule is CCc1ccc(C(NS(=O)(=O)c2cccc(C#N)c2)c2cccs2)cc1. The van der Waals surface area contributed by atoms with Crippen LogP contribution in [0.3, 0.4) is 0 Å². The molecule has 0 fully saturated rings. The van der Waals surface area contributed by atoms with Crippen molar-refractivity contribution in [3.63, 3.8) is 0 Å². The molecule has 0 aliphatic rings. The highest BCUT2D eigenvalue weighted by Crippen LogP contribution is 2.28. The van der Waals surface area contributed by atoms with E-state index in [2.05, 4.69) is 11.6 Å². The largest absolute Gasteiger partial charge is 0.241 e. The van der Waals surface area contributed by atoms with Crippen LogP contribution in [0.2, 0.25) is 0 Å². The van der Waals surface area contributed by atoms with Crippen LogP contribution >= 0.6 is 11.3 Å². The molecule has 0 saturated carbocycles. The summed E-state index contributed by atoms with van der Waals surface area (Å²) in [6.07, 6.45) is 0.927. The van der Waals surface area contributed by atoms with E-state index in [1.54, 1.807) is 12.1 Å². The van der Waals surface area contributed by atoms with Crippen molar-refractivity contribution < 1.29 is 8.42 Å². The first-order chi connectivity index (χ1) is 12.5. The summed E-state index contributed by atoms with van der Waals surface area (Å²) >= 11 is 1.50. The maximum Gasteiger partial charge on any atom is 0.241 e. The first-order valence-electron chi connectivity index (χ1n) is 8.18. The number of thiophene rings is 1. The van der Waals surface area contributed by atoms with Crippen molar-refractivity contribution in [2.45, 2.75) is 24.3 Å². The number of nitrogens with zero attached hydrogens (tertiary/aromatic N) is 1. The highest BCUT2D eigenvalue weighted by atomic mass is 32.2. The molecule has 1 N–H and O–H groups in total. The first-order valence-corrected chi connectivity index (χ1v) is 10.5. The maximum absolute atomic E-state index is 12.9. The molecule has 0 saturated heterocycles. The predicted octanol–water partition coefficient (Wildman–Crippen LogP) is 4.25. The molecule has 0 amide bonds. The third kappa shape index (κ3) is 4.02. The summed E-state index contributed by atoms with van der Waals surface area (Å²) in [6.45, 7) is 2.08. The zero-order chi connectivity index (χ0) is 18.6. The third-order valence-electron chi connectivity index (χ3n) is 4.10. The van der Waals surface area contributed by atoms with Gasteiger partial charge in [0.2, 0.25) is 10.0 Å². The van der Waals surface area contributed by atoms with Crippen molar-refractivity contribution in [2.24, 2.45) is 0 Å². The molecular formula is C20H18N2O2S2. The monoisotopic (exact) mass is 382 g/mol. The molecule has 26 heavy (non-hydrogen) atoms. The number of nitriles is 1. The van der Waals surface area contributed by atoms with Crippen LogP contribution in [0.5, 0.6) is 0 Å². The van der Waals surface area contributed by atoms with Crippen LogP contribution in [0.1, 0.15) is 34.5 Å². The zero-order valence-corrected chi connectivity index (χ0v) is 15.8. The Kier molecular flexibility index (Phi) is 5.52. The fraction of sp³-hybridized carbons (Fsp3) is 0.150. The van der Waals surface area contributed by atoms with Crippen molar-refractivity contribution in [3.05, 3.63) is 87.6 Å². The van der Waals surface area contributed by atoms with Gasteiger partial charge >= 0.3 is 0 Å². The molecule has 1 aromatic heterocycles. The lowest BCUT2D eigenvalue weighted by Crippen LogP contribution is -2.29. The number of hydrogen-bond donors (Lipinski definition) is 1. The molecule has 6 heteroatoms. The van der Waals surface area contributed by atoms with Crippen LogP contribution in [0.25, 0.3) is 0 Å². The Morgan fingerprint density at radius 3 is 2.50 bits per heavy atom. The van der Waals surface area contributed by atoms with Crippen LogP contribution < -0.4 is 4.72 Å². The van der Waals surface area contributed by atoms with Gasteiger partial charge in [-0.15, -0.1) is 11.3 Å². The van der Waals surface area contributed by atoms with Gasteiger partial charge in [0, 0.05) is 4.88 Å². The highest BCUT2D eigenvalue weighted by molar-refractivity contribution is 7.89. The summed E-state index contributed by atoms with van der Waals surface area (Å²) in [6, 6.07) is 19.3. The van der Waals surface area contributed by atoms with Crippen molar-refractivity contribution in [2.75, 3.05) is 0 Å². The molecule has 0 spiro atoms. The molecule has 132 valence electrons. The van der Waals surface area contributed by atoms with Crippen LogP contribution in [0.4, 0.5) is 0 Å². The molecule has 2 aromatic carbocycles. The van der Waals surface area contributed by atoms with Gasteiger partial charge in [0.15, 0.2) is 0 Å². The van der Waals surface area contributed by atoms with E-state index in [0.717, 1.165) is 16.9 Å². The van der Waals surface area contributed by atoms with E-state index in [0.29, 0.717) is 5.56 Å². The smallest absolute Gasteiger partial charge is 0.207 e. The van der Waals surface area contributed by atoms with Crippen molar-refractivity contribution >= 4 is 21.4 Å². The molecule has 1 heterocycles. The molecule has 1 atom stereocenters. The van der Waals surface area contributed by atoms with Crippen molar-refractivity contribution in [3.8, 4) is 6.07 Å². The molecule has 3 rings (SSSR count). The van der Waals surface area contributed by atoms with Gasteiger partial charge in [-0.1, -0.05) is 43.3 Å². The number of benzene rings is 2. The molecule has 0 bridgehead atoms. The average Bonchev–Trinajstić information content (AvgIpc) is 3.21. The fourth-order valence-corrected chi connectivity index (χ4v) is 4.77. The topological polar surface area (TPSA) is 70.0 Å². The minimum Gasteiger partial charge on any atom is -0.207 e. The van der Waals surface area contributed by atoms with Gasteiger partial charge < -0.3 is 0 Å². The Morgan fingerprint density at radius 1 is 1.12 bits per heavy atom. The van der Waals surface area contributed by atoms with E-state index in [1.165, 1.54) is 29.0 Å². The second-order valence-corrected chi connectivity index (χ2v) is 8.50. The molecule has 4 nitrogen and oxygen atoms in total. The Morgan fingerprint density at radius 2 is 1.88 bits per heavy atom. The van der Waals surface area contributed by atoms with Crippen molar-refractivity contribution in [1.82, 2.24) is 4.72 Å². The predicted molar refractivity (Wildman–Crippen MR) is 103 cm³/mol. The van der Waals surface area contributed by atoms with E-state index < -0.39 is 16.1 Å². The Labute approximate surface area is 157 Å². The Hall–Kier alpha value is -2.46. The molecule has 3 aromatic rings. The molecule has 0 aliphatic carbocycles. The highest BCUT2D eigenvalue weighted by Gasteiger charge is 2.24.